The molecule has 0 aromatic carbocycles. The van der Waals surface area contributed by atoms with Gasteiger partial charge in [0.2, 0.25) is 0 Å². The van der Waals surface area contributed by atoms with Crippen molar-refractivity contribution in [3.05, 3.63) is 28.5 Å². The molecule has 1 aromatic rings. The Hall–Kier alpha value is -0.360. The number of hydrogen-bond donors (Lipinski definition) is 1. The molecule has 0 spiro atoms. The van der Waals surface area contributed by atoms with E-state index in [-0.39, 0.29) is 30.7 Å². The van der Waals surface area contributed by atoms with Crippen molar-refractivity contribution in [2.24, 2.45) is 11.7 Å². The van der Waals surface area contributed by atoms with Crippen molar-refractivity contribution in [1.82, 2.24) is 9.88 Å². The molecule has 1 aliphatic heterocycles. The summed E-state index contributed by atoms with van der Waals surface area (Å²) in [7, 11) is 0. The zero-order valence-electron chi connectivity index (χ0n) is 10.4. The number of piperidine rings is 1. The number of pyridine rings is 1. The summed E-state index contributed by atoms with van der Waals surface area (Å²) in [5.74, 6) is 0.633. The van der Waals surface area contributed by atoms with E-state index in [9.17, 15) is 4.79 Å². The van der Waals surface area contributed by atoms with E-state index < -0.39 is 0 Å². The zero-order valence-corrected chi connectivity index (χ0v) is 13.6. The molecule has 19 heavy (non-hydrogen) atoms. The Bertz CT molecular complexity index is 412. The summed E-state index contributed by atoms with van der Waals surface area (Å²) < 4.78 is 0.834. The number of nitrogens with zero attached hydrogens (tertiary/aromatic N) is 2. The van der Waals surface area contributed by atoms with E-state index in [0.29, 0.717) is 11.5 Å². The van der Waals surface area contributed by atoms with Crippen molar-refractivity contribution < 1.29 is 4.79 Å². The second-order valence-corrected chi connectivity index (χ2v) is 5.28. The summed E-state index contributed by atoms with van der Waals surface area (Å²) in [6, 6.07) is 1.81. The van der Waals surface area contributed by atoms with Gasteiger partial charge in [-0.25, -0.2) is 0 Å². The Kier molecular flexibility index (Phi) is 8.57. The van der Waals surface area contributed by atoms with Crippen LogP contribution in [0.2, 0.25) is 0 Å². The molecule has 0 unspecified atom stereocenters. The van der Waals surface area contributed by atoms with Gasteiger partial charge in [0.1, 0.15) is 0 Å². The molecular formula is C12H18BrCl2N3O. The van der Waals surface area contributed by atoms with Crippen LogP contribution in [0.3, 0.4) is 0 Å². The molecule has 1 fully saturated rings. The van der Waals surface area contributed by atoms with Crippen LogP contribution < -0.4 is 5.73 Å². The molecule has 4 nitrogen and oxygen atoms in total. The number of carbonyl (C=O) groups is 1. The van der Waals surface area contributed by atoms with E-state index in [1.54, 1.807) is 12.4 Å². The molecule has 0 aliphatic carbocycles. The molecule has 0 bridgehead atoms. The monoisotopic (exact) mass is 369 g/mol. The zero-order chi connectivity index (χ0) is 12.3. The van der Waals surface area contributed by atoms with E-state index in [2.05, 4.69) is 20.9 Å². The second kappa shape index (κ2) is 8.74. The number of halogens is 3. The molecule has 7 heteroatoms. The van der Waals surface area contributed by atoms with E-state index in [0.717, 1.165) is 36.9 Å². The fourth-order valence-corrected chi connectivity index (χ4v) is 2.45. The number of likely N-dealkylation sites (tertiary alicyclic amines) is 1. The molecule has 1 saturated heterocycles. The fraction of sp³-hybridized carbons (Fsp3) is 0.500. The van der Waals surface area contributed by atoms with Crippen LogP contribution in [-0.2, 0) is 0 Å². The van der Waals surface area contributed by atoms with Crippen molar-refractivity contribution in [1.29, 1.82) is 0 Å². The highest BCUT2D eigenvalue weighted by atomic mass is 79.9. The van der Waals surface area contributed by atoms with Gasteiger partial charge in [-0.1, -0.05) is 0 Å². The standard InChI is InChI=1S/C12H16BrN3O.2ClH/c13-11-5-10(7-15-8-11)12(17)16-3-1-9(6-14)2-4-16;;/h5,7-9H,1-4,6,14H2;2*1H. The Morgan fingerprint density at radius 1 is 1.37 bits per heavy atom. The SMILES string of the molecule is Cl.Cl.NCC1CCN(C(=O)c2cncc(Br)c2)CC1. The van der Waals surface area contributed by atoms with Gasteiger partial charge in [-0.2, -0.15) is 0 Å². The fourth-order valence-electron chi connectivity index (χ4n) is 2.08. The van der Waals surface area contributed by atoms with Crippen LogP contribution in [0.1, 0.15) is 23.2 Å². The Labute approximate surface area is 134 Å². The van der Waals surface area contributed by atoms with Crippen molar-refractivity contribution in [3.8, 4) is 0 Å². The van der Waals surface area contributed by atoms with Crippen LogP contribution in [0.5, 0.6) is 0 Å². The normalized spacial score (nSPS) is 15.4. The molecule has 2 heterocycles. The van der Waals surface area contributed by atoms with E-state index in [1.165, 1.54) is 0 Å². The van der Waals surface area contributed by atoms with Crippen molar-refractivity contribution in [2.75, 3.05) is 19.6 Å². The number of amides is 1. The van der Waals surface area contributed by atoms with Crippen LogP contribution in [-0.4, -0.2) is 35.4 Å². The van der Waals surface area contributed by atoms with Crippen LogP contribution in [0.4, 0.5) is 0 Å². The largest absolute Gasteiger partial charge is 0.339 e. The van der Waals surface area contributed by atoms with Gasteiger partial charge in [-0.15, -0.1) is 24.8 Å². The number of nitrogens with two attached hydrogens (primary N) is 1. The van der Waals surface area contributed by atoms with Crippen LogP contribution in [0, 0.1) is 5.92 Å². The highest BCUT2D eigenvalue weighted by Gasteiger charge is 2.22. The number of aromatic nitrogens is 1. The summed E-state index contributed by atoms with van der Waals surface area (Å²) in [5, 5.41) is 0. The first-order chi connectivity index (χ1) is 8.20. The maximum absolute atomic E-state index is 12.2. The molecule has 1 amide bonds. The average Bonchev–Trinajstić information content (AvgIpc) is 2.38. The Morgan fingerprint density at radius 3 is 2.53 bits per heavy atom. The van der Waals surface area contributed by atoms with Gasteiger partial charge in [0.25, 0.3) is 5.91 Å². The summed E-state index contributed by atoms with van der Waals surface area (Å²) in [5.41, 5.74) is 6.28. The minimum Gasteiger partial charge on any atom is -0.339 e. The summed E-state index contributed by atoms with van der Waals surface area (Å²) in [6.07, 6.45) is 5.30. The van der Waals surface area contributed by atoms with Gasteiger partial charge in [0, 0.05) is 30.0 Å². The highest BCUT2D eigenvalue weighted by Crippen LogP contribution is 2.18. The Morgan fingerprint density at radius 2 is 2.00 bits per heavy atom. The maximum atomic E-state index is 12.2. The van der Waals surface area contributed by atoms with Crippen molar-refractivity contribution in [2.45, 2.75) is 12.8 Å². The second-order valence-electron chi connectivity index (χ2n) is 4.36. The van der Waals surface area contributed by atoms with Crippen LogP contribution in [0.25, 0.3) is 0 Å². The predicted octanol–water partition coefficient (Wildman–Crippen LogP) is 2.50. The average molecular weight is 371 g/mol. The van der Waals surface area contributed by atoms with Gasteiger partial charge in [-0.3, -0.25) is 9.78 Å². The molecule has 2 N–H and O–H groups in total. The molecule has 108 valence electrons. The topological polar surface area (TPSA) is 59.2 Å². The lowest BCUT2D eigenvalue weighted by Gasteiger charge is -2.31. The lowest BCUT2D eigenvalue weighted by molar-refractivity contribution is 0.0693. The van der Waals surface area contributed by atoms with Gasteiger partial charge in [0.15, 0.2) is 0 Å². The third kappa shape index (κ3) is 4.91. The minimum absolute atomic E-state index is 0. The number of hydrogen-bond acceptors (Lipinski definition) is 3. The number of carbonyl (C=O) groups excluding carboxylic acids is 1. The molecule has 2 rings (SSSR count). The van der Waals surface area contributed by atoms with Crippen LogP contribution >= 0.6 is 40.7 Å². The van der Waals surface area contributed by atoms with Crippen molar-refractivity contribution >= 4 is 46.7 Å². The molecule has 0 saturated carbocycles. The van der Waals surface area contributed by atoms with Crippen LogP contribution in [0.15, 0.2) is 22.9 Å². The first-order valence-electron chi connectivity index (χ1n) is 5.80. The first kappa shape index (κ1) is 18.6. The van der Waals surface area contributed by atoms with E-state index >= 15 is 0 Å². The lowest BCUT2D eigenvalue weighted by atomic mass is 9.97. The highest BCUT2D eigenvalue weighted by molar-refractivity contribution is 9.10. The van der Waals surface area contributed by atoms with Gasteiger partial charge in [0.05, 0.1) is 5.56 Å². The molecule has 1 aliphatic rings. The van der Waals surface area contributed by atoms with E-state index in [4.69, 9.17) is 5.73 Å². The summed E-state index contributed by atoms with van der Waals surface area (Å²) >= 11 is 3.33. The molecular weight excluding hydrogens is 353 g/mol. The summed E-state index contributed by atoms with van der Waals surface area (Å²) in [4.78, 5) is 18.1. The molecule has 1 aromatic heterocycles. The molecule has 0 radical (unpaired) electrons. The summed E-state index contributed by atoms with van der Waals surface area (Å²) in [6.45, 7) is 2.32. The third-order valence-corrected chi connectivity index (χ3v) is 3.62. The van der Waals surface area contributed by atoms with E-state index in [1.807, 2.05) is 11.0 Å². The predicted molar refractivity (Wildman–Crippen MR) is 84.1 cm³/mol. The quantitative estimate of drug-likeness (QED) is 0.869. The van der Waals surface area contributed by atoms with Gasteiger partial charge >= 0.3 is 0 Å². The smallest absolute Gasteiger partial charge is 0.255 e. The maximum Gasteiger partial charge on any atom is 0.255 e. The van der Waals surface area contributed by atoms with Crippen molar-refractivity contribution in [3.63, 3.8) is 0 Å². The van der Waals surface area contributed by atoms with Gasteiger partial charge in [-0.05, 0) is 47.3 Å². The van der Waals surface area contributed by atoms with Gasteiger partial charge < -0.3 is 10.6 Å². The number of rotatable bonds is 2. The minimum atomic E-state index is 0. The lowest BCUT2D eigenvalue weighted by Crippen LogP contribution is -2.40. The Balaban J connectivity index is 0.00000162. The first-order valence-corrected chi connectivity index (χ1v) is 6.60. The molecule has 0 atom stereocenters. The third-order valence-electron chi connectivity index (χ3n) is 3.19.